The number of esters is 1. The van der Waals surface area contributed by atoms with Gasteiger partial charge in [0, 0.05) is 30.4 Å². The Kier molecular flexibility index (Phi) is 9.34. The van der Waals surface area contributed by atoms with Crippen LogP contribution in [0.2, 0.25) is 0 Å². The van der Waals surface area contributed by atoms with Crippen molar-refractivity contribution in [1.82, 2.24) is 0 Å². The largest absolute Gasteiger partial charge is 0.508 e. The van der Waals surface area contributed by atoms with Crippen LogP contribution in [-0.4, -0.2) is 35.7 Å². The van der Waals surface area contributed by atoms with E-state index in [2.05, 4.69) is 4.90 Å². The highest BCUT2D eigenvalue weighted by Crippen LogP contribution is 2.28. The Morgan fingerprint density at radius 1 is 0.833 bits per heavy atom. The smallest absolute Gasteiger partial charge is 0.343 e. The third-order valence-electron chi connectivity index (χ3n) is 5.49. The van der Waals surface area contributed by atoms with Crippen LogP contribution in [0, 0.1) is 0 Å². The maximum absolute atomic E-state index is 12.7. The minimum absolute atomic E-state index is 0.137. The summed E-state index contributed by atoms with van der Waals surface area (Å²) in [4.78, 5) is 39.4. The monoisotopic (exact) mass is 483 g/mol. The van der Waals surface area contributed by atoms with Gasteiger partial charge in [0.25, 0.3) is 0 Å². The maximum Gasteiger partial charge on any atom is 0.343 e. The summed E-state index contributed by atoms with van der Waals surface area (Å²) >= 11 is 0. The molecule has 0 heterocycles. The first-order valence-corrected chi connectivity index (χ1v) is 11.8. The highest BCUT2D eigenvalue weighted by molar-refractivity contribution is 6.11. The number of nitrogens with zero attached hydrogens (tertiary/aromatic N) is 1. The number of phenols is 1. The molecular weight excluding hydrogens is 454 g/mol. The molecule has 0 saturated heterocycles. The fourth-order valence-corrected chi connectivity index (χ4v) is 3.51. The van der Waals surface area contributed by atoms with Crippen LogP contribution in [0.4, 0.5) is 5.69 Å². The number of allylic oxidation sites excluding steroid dienone is 2. The second-order valence-electron chi connectivity index (χ2n) is 8.02. The molecular formula is C30H29NO5. The van der Waals surface area contributed by atoms with E-state index in [0.717, 1.165) is 24.3 Å². The average Bonchev–Trinajstić information content (AvgIpc) is 2.89. The summed E-state index contributed by atoms with van der Waals surface area (Å²) < 4.78 is 5.70. The third-order valence-corrected chi connectivity index (χ3v) is 5.49. The van der Waals surface area contributed by atoms with Crippen molar-refractivity contribution in [3.63, 3.8) is 0 Å². The van der Waals surface area contributed by atoms with Crippen molar-refractivity contribution < 1.29 is 24.2 Å². The van der Waals surface area contributed by atoms with E-state index in [0.29, 0.717) is 16.9 Å². The standard InChI is InChI=1S/C30H29NO5/c1-3-31(4-2)25-15-13-23(29(20-25)36-30(35)24-8-6-5-7-9-24)14-19-28(34)21-27(33)18-12-22-10-16-26(32)17-11-22/h5-20,32H,3-4,21H2,1-2H3. The van der Waals surface area contributed by atoms with Crippen molar-refractivity contribution >= 4 is 35.4 Å². The lowest BCUT2D eigenvalue weighted by atomic mass is 10.1. The number of benzene rings is 3. The van der Waals surface area contributed by atoms with E-state index in [4.69, 9.17) is 4.74 Å². The number of carbonyl (C=O) groups is 3. The predicted molar refractivity (Wildman–Crippen MR) is 142 cm³/mol. The van der Waals surface area contributed by atoms with Gasteiger partial charge in [-0.3, -0.25) is 9.59 Å². The quantitative estimate of drug-likeness (QED) is 0.163. The molecule has 3 aromatic carbocycles. The van der Waals surface area contributed by atoms with Gasteiger partial charge in [-0.2, -0.15) is 0 Å². The van der Waals surface area contributed by atoms with E-state index in [1.54, 1.807) is 60.7 Å². The number of anilines is 1. The molecule has 0 unspecified atom stereocenters. The van der Waals surface area contributed by atoms with E-state index in [9.17, 15) is 19.5 Å². The lowest BCUT2D eigenvalue weighted by Gasteiger charge is -2.22. The van der Waals surface area contributed by atoms with E-state index < -0.39 is 5.97 Å². The molecule has 0 fully saturated rings. The Balaban J connectivity index is 1.75. The molecule has 0 saturated carbocycles. The predicted octanol–water partition coefficient (Wildman–Crippen LogP) is 5.71. The first kappa shape index (κ1) is 26.2. The summed E-state index contributed by atoms with van der Waals surface area (Å²) in [5.74, 6) is -0.745. The van der Waals surface area contributed by atoms with Crippen LogP contribution < -0.4 is 9.64 Å². The zero-order chi connectivity index (χ0) is 25.9. The van der Waals surface area contributed by atoms with Gasteiger partial charge in [-0.05, 0) is 74.0 Å². The van der Waals surface area contributed by atoms with Gasteiger partial charge in [0.1, 0.15) is 11.5 Å². The molecule has 0 bridgehead atoms. The van der Waals surface area contributed by atoms with E-state index >= 15 is 0 Å². The molecule has 0 aliphatic rings. The average molecular weight is 484 g/mol. The van der Waals surface area contributed by atoms with Crippen LogP contribution >= 0.6 is 0 Å². The first-order chi connectivity index (χ1) is 17.4. The van der Waals surface area contributed by atoms with E-state index in [1.807, 2.05) is 26.0 Å². The molecule has 1 N–H and O–H groups in total. The molecule has 6 nitrogen and oxygen atoms in total. The summed E-state index contributed by atoms with van der Waals surface area (Å²) in [6.07, 6.45) is 5.51. The van der Waals surface area contributed by atoms with Crippen LogP contribution in [-0.2, 0) is 9.59 Å². The van der Waals surface area contributed by atoms with Gasteiger partial charge in [0.05, 0.1) is 12.0 Å². The lowest BCUT2D eigenvalue weighted by molar-refractivity contribution is -0.121. The Bertz CT molecular complexity index is 1260. The molecule has 6 heteroatoms. The molecule has 0 aromatic heterocycles. The van der Waals surface area contributed by atoms with Crippen molar-refractivity contribution in [3.05, 3.63) is 102 Å². The Morgan fingerprint density at radius 2 is 1.47 bits per heavy atom. The van der Waals surface area contributed by atoms with Gasteiger partial charge in [-0.1, -0.05) is 36.4 Å². The van der Waals surface area contributed by atoms with Crippen LogP contribution in [0.1, 0.15) is 41.8 Å². The number of carbonyl (C=O) groups excluding carboxylic acids is 3. The number of aromatic hydroxyl groups is 1. The van der Waals surface area contributed by atoms with Crippen LogP contribution in [0.25, 0.3) is 12.2 Å². The second kappa shape index (κ2) is 12.9. The SMILES string of the molecule is CCN(CC)c1ccc(C=CC(=O)CC(=O)C=Cc2ccc(O)cc2)c(OC(=O)c2ccccc2)c1. The van der Waals surface area contributed by atoms with Crippen LogP contribution in [0.5, 0.6) is 11.5 Å². The van der Waals surface area contributed by atoms with E-state index in [-0.39, 0.29) is 23.7 Å². The number of phenolic OH excluding ortho intramolecular Hbond substituents is 1. The number of hydrogen-bond acceptors (Lipinski definition) is 6. The fraction of sp³-hybridized carbons (Fsp3) is 0.167. The first-order valence-electron chi connectivity index (χ1n) is 11.8. The Morgan fingerprint density at radius 3 is 2.11 bits per heavy atom. The summed E-state index contributed by atoms with van der Waals surface area (Å²) in [5, 5.41) is 9.33. The second-order valence-corrected chi connectivity index (χ2v) is 8.02. The maximum atomic E-state index is 12.7. The molecule has 36 heavy (non-hydrogen) atoms. The third kappa shape index (κ3) is 7.53. The number of ether oxygens (including phenoxy) is 1. The molecule has 184 valence electrons. The summed E-state index contributed by atoms with van der Waals surface area (Å²) in [5.41, 5.74) is 2.61. The topological polar surface area (TPSA) is 83.9 Å². The number of hydrogen-bond donors (Lipinski definition) is 1. The highest BCUT2D eigenvalue weighted by atomic mass is 16.5. The van der Waals surface area contributed by atoms with Crippen molar-refractivity contribution in [2.45, 2.75) is 20.3 Å². The number of ketones is 2. The molecule has 3 rings (SSSR count). The van der Waals surface area contributed by atoms with Gasteiger partial charge in [0.2, 0.25) is 0 Å². The zero-order valence-electron chi connectivity index (χ0n) is 20.4. The molecule has 0 aliphatic heterocycles. The van der Waals surface area contributed by atoms with Gasteiger partial charge >= 0.3 is 5.97 Å². The Hall–Kier alpha value is -4.45. The van der Waals surface area contributed by atoms with Gasteiger partial charge < -0.3 is 14.7 Å². The summed E-state index contributed by atoms with van der Waals surface area (Å²) in [7, 11) is 0. The minimum Gasteiger partial charge on any atom is -0.508 e. The molecule has 0 atom stereocenters. The summed E-state index contributed by atoms with van der Waals surface area (Å²) in [6.45, 7) is 5.66. The molecule has 0 amide bonds. The molecule has 0 radical (unpaired) electrons. The van der Waals surface area contributed by atoms with Crippen molar-refractivity contribution in [1.29, 1.82) is 0 Å². The van der Waals surface area contributed by atoms with Crippen molar-refractivity contribution in [2.24, 2.45) is 0 Å². The van der Waals surface area contributed by atoms with Gasteiger partial charge in [0.15, 0.2) is 11.6 Å². The van der Waals surface area contributed by atoms with Gasteiger partial charge in [-0.15, -0.1) is 0 Å². The molecule has 0 spiro atoms. The molecule has 3 aromatic rings. The van der Waals surface area contributed by atoms with Gasteiger partial charge in [-0.25, -0.2) is 4.79 Å². The van der Waals surface area contributed by atoms with Crippen molar-refractivity contribution in [2.75, 3.05) is 18.0 Å². The van der Waals surface area contributed by atoms with Crippen molar-refractivity contribution in [3.8, 4) is 11.5 Å². The number of rotatable bonds is 11. The van der Waals surface area contributed by atoms with E-state index in [1.165, 1.54) is 24.3 Å². The summed E-state index contributed by atoms with van der Waals surface area (Å²) in [6, 6.07) is 20.5. The lowest BCUT2D eigenvalue weighted by Crippen LogP contribution is -2.22. The highest BCUT2D eigenvalue weighted by Gasteiger charge is 2.13. The van der Waals surface area contributed by atoms with Crippen LogP contribution in [0.3, 0.4) is 0 Å². The fourth-order valence-electron chi connectivity index (χ4n) is 3.51. The molecule has 0 aliphatic carbocycles. The Labute approximate surface area is 211 Å². The van der Waals surface area contributed by atoms with Crippen LogP contribution in [0.15, 0.2) is 84.9 Å². The zero-order valence-corrected chi connectivity index (χ0v) is 20.4. The minimum atomic E-state index is -0.497. The normalized spacial score (nSPS) is 11.1.